The molecule has 0 saturated heterocycles. The van der Waals surface area contributed by atoms with Crippen LogP contribution < -0.4 is 9.46 Å². The Kier molecular flexibility index (Phi) is 4.85. The summed E-state index contributed by atoms with van der Waals surface area (Å²) in [6.07, 6.45) is 0. The van der Waals surface area contributed by atoms with Crippen molar-refractivity contribution in [1.82, 2.24) is 0 Å². The third-order valence-corrected chi connectivity index (χ3v) is 4.61. The molecule has 0 unspecified atom stereocenters. The number of anilines is 1. The molecule has 2 rings (SSSR count). The number of ether oxygens (including phenoxy) is 1. The predicted molar refractivity (Wildman–Crippen MR) is 86.3 cm³/mol. The molecule has 0 aromatic heterocycles. The first kappa shape index (κ1) is 16.8. The van der Waals surface area contributed by atoms with Crippen molar-refractivity contribution in [3.8, 4) is 5.75 Å². The first-order valence-corrected chi connectivity index (χ1v) is 8.33. The fraction of sp³-hybridized carbons (Fsp3) is 0.200. The van der Waals surface area contributed by atoms with E-state index >= 15 is 0 Å². The largest absolute Gasteiger partial charge is 0.492 e. The van der Waals surface area contributed by atoms with Gasteiger partial charge in [0.05, 0.1) is 22.1 Å². The van der Waals surface area contributed by atoms with Crippen molar-refractivity contribution in [2.75, 3.05) is 11.3 Å². The molecule has 0 amide bonds. The number of nitro groups is 1. The molecule has 0 aliphatic rings. The van der Waals surface area contributed by atoms with E-state index in [1.807, 2.05) is 0 Å². The Bertz CT molecular complexity index is 834. The van der Waals surface area contributed by atoms with Gasteiger partial charge in [0, 0.05) is 12.1 Å². The molecule has 2 aromatic carbocycles. The topological polar surface area (TPSA) is 98.5 Å². The van der Waals surface area contributed by atoms with Gasteiger partial charge in [-0.25, -0.2) is 8.42 Å². The smallest absolute Gasteiger partial charge is 0.270 e. The standard InChI is InChI=1S/C15H16N2O5S/c1-3-22-14-7-5-4-6-13(14)16-23(20,21)15-10-12(17(18)19)9-8-11(15)2/h4-10,16H,3H2,1-2H3. The maximum Gasteiger partial charge on any atom is 0.270 e. The van der Waals surface area contributed by atoms with E-state index in [1.165, 1.54) is 12.1 Å². The van der Waals surface area contributed by atoms with Gasteiger partial charge >= 0.3 is 0 Å². The molecule has 0 fully saturated rings. The SMILES string of the molecule is CCOc1ccccc1NS(=O)(=O)c1cc([N+](=O)[O-])ccc1C. The van der Waals surface area contributed by atoms with Crippen LogP contribution in [0.15, 0.2) is 47.4 Å². The van der Waals surface area contributed by atoms with Crippen molar-refractivity contribution in [2.24, 2.45) is 0 Å². The Morgan fingerprint density at radius 2 is 1.91 bits per heavy atom. The number of aryl methyl sites for hydroxylation is 1. The lowest BCUT2D eigenvalue weighted by Crippen LogP contribution is -2.15. The van der Waals surface area contributed by atoms with Crippen molar-refractivity contribution in [2.45, 2.75) is 18.7 Å². The van der Waals surface area contributed by atoms with E-state index in [1.54, 1.807) is 38.1 Å². The van der Waals surface area contributed by atoms with Crippen LogP contribution in [-0.2, 0) is 10.0 Å². The first-order valence-electron chi connectivity index (χ1n) is 6.85. The highest BCUT2D eigenvalue weighted by Crippen LogP contribution is 2.28. The molecule has 0 radical (unpaired) electrons. The van der Waals surface area contributed by atoms with Gasteiger partial charge in [-0.15, -0.1) is 0 Å². The van der Waals surface area contributed by atoms with Gasteiger partial charge in [0.1, 0.15) is 5.75 Å². The summed E-state index contributed by atoms with van der Waals surface area (Å²) in [7, 11) is -3.98. The molecule has 7 nitrogen and oxygen atoms in total. The molecule has 8 heteroatoms. The van der Waals surface area contributed by atoms with Gasteiger partial charge in [0.15, 0.2) is 0 Å². The molecule has 23 heavy (non-hydrogen) atoms. The Morgan fingerprint density at radius 3 is 2.57 bits per heavy atom. The van der Waals surface area contributed by atoms with E-state index < -0.39 is 14.9 Å². The maximum absolute atomic E-state index is 12.6. The number of nitrogens with zero attached hydrogens (tertiary/aromatic N) is 1. The number of non-ortho nitro benzene ring substituents is 1. The molecule has 0 atom stereocenters. The van der Waals surface area contributed by atoms with Gasteiger partial charge in [-0.1, -0.05) is 18.2 Å². The number of nitrogens with one attached hydrogen (secondary N) is 1. The lowest BCUT2D eigenvalue weighted by atomic mass is 10.2. The van der Waals surface area contributed by atoms with Crippen molar-refractivity contribution >= 4 is 21.4 Å². The van der Waals surface area contributed by atoms with E-state index in [0.717, 1.165) is 6.07 Å². The molecule has 1 N–H and O–H groups in total. The van der Waals surface area contributed by atoms with E-state index in [4.69, 9.17) is 4.74 Å². The highest BCUT2D eigenvalue weighted by Gasteiger charge is 2.21. The van der Waals surface area contributed by atoms with Gasteiger partial charge in [-0.3, -0.25) is 14.8 Å². The van der Waals surface area contributed by atoms with Gasteiger partial charge in [0.25, 0.3) is 15.7 Å². The maximum atomic E-state index is 12.6. The summed E-state index contributed by atoms with van der Waals surface area (Å²) in [5, 5.41) is 10.9. The van der Waals surface area contributed by atoms with Crippen LogP contribution in [0, 0.1) is 17.0 Å². The lowest BCUT2D eigenvalue weighted by Gasteiger charge is -2.13. The monoisotopic (exact) mass is 336 g/mol. The fourth-order valence-corrected chi connectivity index (χ4v) is 3.36. The molecule has 0 saturated carbocycles. The van der Waals surface area contributed by atoms with E-state index in [9.17, 15) is 18.5 Å². The fourth-order valence-electron chi connectivity index (χ4n) is 2.02. The minimum absolute atomic E-state index is 0.141. The zero-order valence-electron chi connectivity index (χ0n) is 12.6. The zero-order chi connectivity index (χ0) is 17.0. The average molecular weight is 336 g/mol. The number of hydrogen-bond acceptors (Lipinski definition) is 5. The molecule has 0 aliphatic heterocycles. The Morgan fingerprint density at radius 1 is 1.22 bits per heavy atom. The van der Waals surface area contributed by atoms with Crippen molar-refractivity contribution in [3.63, 3.8) is 0 Å². The summed E-state index contributed by atoms with van der Waals surface area (Å²) in [6, 6.07) is 10.3. The van der Waals surface area contributed by atoms with Crippen LogP contribution in [0.2, 0.25) is 0 Å². The van der Waals surface area contributed by atoms with Crippen molar-refractivity contribution in [1.29, 1.82) is 0 Å². The molecular formula is C15H16N2O5S. The number of para-hydroxylation sites is 2. The molecular weight excluding hydrogens is 320 g/mol. The number of benzene rings is 2. The van der Waals surface area contributed by atoms with Gasteiger partial charge in [0.2, 0.25) is 0 Å². The number of rotatable bonds is 6. The summed E-state index contributed by atoms with van der Waals surface area (Å²) in [5.74, 6) is 0.390. The quantitative estimate of drug-likeness (QED) is 0.645. The molecule has 0 spiro atoms. The number of hydrogen-bond donors (Lipinski definition) is 1. The third kappa shape index (κ3) is 3.78. The summed E-state index contributed by atoms with van der Waals surface area (Å²) in [6.45, 7) is 3.75. The van der Waals surface area contributed by atoms with Gasteiger partial charge < -0.3 is 4.74 Å². The summed E-state index contributed by atoms with van der Waals surface area (Å²) < 4.78 is 32.9. The second kappa shape index (κ2) is 6.66. The second-order valence-corrected chi connectivity index (χ2v) is 6.39. The Labute approximate surface area is 134 Å². The molecule has 122 valence electrons. The summed E-state index contributed by atoms with van der Waals surface area (Å²) in [4.78, 5) is 10.1. The minimum atomic E-state index is -3.98. The number of nitro benzene ring substituents is 1. The van der Waals surface area contributed by atoms with Crippen LogP contribution >= 0.6 is 0 Å². The van der Waals surface area contributed by atoms with E-state index in [-0.39, 0.29) is 16.3 Å². The average Bonchev–Trinajstić information content (AvgIpc) is 2.49. The Hall–Kier alpha value is -2.61. The van der Waals surface area contributed by atoms with E-state index in [2.05, 4.69) is 4.72 Å². The zero-order valence-corrected chi connectivity index (χ0v) is 13.5. The van der Waals surface area contributed by atoms with Crippen molar-refractivity contribution < 1.29 is 18.1 Å². The molecule has 0 heterocycles. The Balaban J connectivity index is 2.44. The van der Waals surface area contributed by atoms with Gasteiger partial charge in [-0.2, -0.15) is 0 Å². The highest BCUT2D eigenvalue weighted by molar-refractivity contribution is 7.92. The molecule has 0 aliphatic carbocycles. The highest BCUT2D eigenvalue weighted by atomic mass is 32.2. The van der Waals surface area contributed by atoms with Crippen LogP contribution in [0.3, 0.4) is 0 Å². The van der Waals surface area contributed by atoms with Crippen LogP contribution in [0.25, 0.3) is 0 Å². The lowest BCUT2D eigenvalue weighted by molar-refractivity contribution is -0.385. The minimum Gasteiger partial charge on any atom is -0.492 e. The van der Waals surface area contributed by atoms with Crippen LogP contribution in [0.1, 0.15) is 12.5 Å². The van der Waals surface area contributed by atoms with Crippen molar-refractivity contribution in [3.05, 3.63) is 58.1 Å². The third-order valence-electron chi connectivity index (χ3n) is 3.10. The second-order valence-electron chi connectivity index (χ2n) is 4.74. The van der Waals surface area contributed by atoms with Crippen LogP contribution in [0.4, 0.5) is 11.4 Å². The number of sulfonamides is 1. The normalized spacial score (nSPS) is 11.0. The predicted octanol–water partition coefficient (Wildman–Crippen LogP) is 3.10. The summed E-state index contributed by atoms with van der Waals surface area (Å²) in [5.41, 5.74) is 0.409. The summed E-state index contributed by atoms with van der Waals surface area (Å²) >= 11 is 0. The van der Waals surface area contributed by atoms with Crippen LogP contribution in [-0.4, -0.2) is 19.9 Å². The molecule has 0 bridgehead atoms. The van der Waals surface area contributed by atoms with E-state index in [0.29, 0.717) is 17.9 Å². The van der Waals surface area contributed by atoms with Crippen LogP contribution in [0.5, 0.6) is 5.75 Å². The molecule has 2 aromatic rings. The first-order chi connectivity index (χ1) is 10.8. The van der Waals surface area contributed by atoms with Gasteiger partial charge in [-0.05, 0) is 31.5 Å².